The zero-order valence-electron chi connectivity index (χ0n) is 17.2. The first-order valence-electron chi connectivity index (χ1n) is 10.3. The van der Waals surface area contributed by atoms with Crippen LogP contribution in [0, 0.1) is 0 Å². The Morgan fingerprint density at radius 1 is 0.935 bits per heavy atom. The van der Waals surface area contributed by atoms with Crippen LogP contribution in [0.5, 0.6) is 23.0 Å². The number of likely N-dealkylation sites (tertiary alicyclic amines) is 1. The zero-order chi connectivity index (χ0) is 21.2. The molecule has 0 aromatic heterocycles. The average molecular weight is 417 g/mol. The number of methoxy groups -OCH3 is 1. The fraction of sp³-hybridized carbons (Fsp3) is 0.240. The molecular formula is C25H23NO5. The van der Waals surface area contributed by atoms with Gasteiger partial charge in [-0.15, -0.1) is 0 Å². The van der Waals surface area contributed by atoms with E-state index in [2.05, 4.69) is 0 Å². The lowest BCUT2D eigenvalue weighted by molar-refractivity contribution is -0.164. The summed E-state index contributed by atoms with van der Waals surface area (Å²) in [7, 11) is 1.65. The number of para-hydroxylation sites is 1. The van der Waals surface area contributed by atoms with Crippen molar-refractivity contribution in [3.63, 3.8) is 0 Å². The molecule has 6 heteroatoms. The van der Waals surface area contributed by atoms with E-state index in [1.54, 1.807) is 7.11 Å². The van der Waals surface area contributed by atoms with Crippen molar-refractivity contribution in [2.45, 2.75) is 18.6 Å². The maximum absolute atomic E-state index is 13.0. The van der Waals surface area contributed by atoms with Crippen molar-refractivity contribution in [2.24, 2.45) is 0 Å². The van der Waals surface area contributed by atoms with Crippen molar-refractivity contribution in [1.82, 2.24) is 4.90 Å². The lowest BCUT2D eigenvalue weighted by Crippen LogP contribution is -2.61. The van der Waals surface area contributed by atoms with E-state index in [0.29, 0.717) is 18.0 Å². The number of ether oxygens (including phenoxy) is 4. The molecule has 0 bridgehead atoms. The van der Waals surface area contributed by atoms with Gasteiger partial charge in [-0.25, -0.2) is 0 Å². The van der Waals surface area contributed by atoms with Crippen LogP contribution in [-0.2, 0) is 11.2 Å². The molecule has 1 amide bonds. The van der Waals surface area contributed by atoms with Crippen molar-refractivity contribution in [2.75, 3.05) is 20.4 Å². The normalized spacial score (nSPS) is 19.1. The summed E-state index contributed by atoms with van der Waals surface area (Å²) in [5.74, 6) is 2.91. The first-order valence-corrected chi connectivity index (χ1v) is 10.3. The molecule has 0 N–H and O–H groups in total. The minimum atomic E-state index is -0.571. The Balaban J connectivity index is 1.37. The second-order valence-corrected chi connectivity index (χ2v) is 7.54. The second kappa shape index (κ2) is 8.22. The van der Waals surface area contributed by atoms with Crippen LogP contribution < -0.4 is 18.9 Å². The molecular weight excluding hydrogens is 394 g/mol. The Morgan fingerprint density at radius 3 is 2.48 bits per heavy atom. The lowest BCUT2D eigenvalue weighted by atomic mass is 9.89. The average Bonchev–Trinajstić information content (AvgIpc) is 3.29. The monoisotopic (exact) mass is 417 g/mol. The van der Waals surface area contributed by atoms with Crippen LogP contribution in [0.2, 0.25) is 0 Å². The maximum Gasteiger partial charge on any atom is 0.266 e. The number of carbonyl (C=O) groups excluding carboxylic acids is 1. The molecule has 3 aromatic rings. The second-order valence-electron chi connectivity index (χ2n) is 7.54. The number of amides is 1. The minimum absolute atomic E-state index is 0.0139. The number of hydrogen-bond acceptors (Lipinski definition) is 5. The summed E-state index contributed by atoms with van der Waals surface area (Å²) in [5, 5.41) is 0. The number of benzene rings is 3. The van der Waals surface area contributed by atoms with E-state index in [4.69, 9.17) is 18.9 Å². The molecule has 2 aliphatic heterocycles. The molecule has 31 heavy (non-hydrogen) atoms. The van der Waals surface area contributed by atoms with E-state index in [0.717, 1.165) is 29.0 Å². The molecule has 5 rings (SSSR count). The fourth-order valence-corrected chi connectivity index (χ4v) is 4.02. The predicted molar refractivity (Wildman–Crippen MR) is 115 cm³/mol. The van der Waals surface area contributed by atoms with Gasteiger partial charge in [0.2, 0.25) is 12.9 Å². The number of hydrogen-bond donors (Lipinski definition) is 0. The summed E-state index contributed by atoms with van der Waals surface area (Å²) in [6.45, 7) is 0.812. The van der Waals surface area contributed by atoms with E-state index >= 15 is 0 Å². The third-order valence-electron chi connectivity index (χ3n) is 5.69. The number of fused-ring (bicyclic) bond motifs is 1. The van der Waals surface area contributed by atoms with Gasteiger partial charge in [-0.3, -0.25) is 4.79 Å². The molecule has 2 aliphatic rings. The topological polar surface area (TPSA) is 57.2 Å². The quantitative estimate of drug-likeness (QED) is 0.544. The van der Waals surface area contributed by atoms with Crippen molar-refractivity contribution < 1.29 is 23.7 Å². The Morgan fingerprint density at radius 2 is 1.71 bits per heavy atom. The van der Waals surface area contributed by atoms with E-state index in [1.165, 1.54) is 0 Å². The highest BCUT2D eigenvalue weighted by molar-refractivity contribution is 5.89. The summed E-state index contributed by atoms with van der Waals surface area (Å²) in [6.07, 6.45) is 0.174. The van der Waals surface area contributed by atoms with Gasteiger partial charge in [0.05, 0.1) is 7.11 Å². The summed E-state index contributed by atoms with van der Waals surface area (Å²) >= 11 is 0. The molecule has 0 radical (unpaired) electrons. The number of nitrogens with zero attached hydrogens (tertiary/aromatic N) is 1. The lowest BCUT2D eigenvalue weighted by Gasteiger charge is -2.47. The highest BCUT2D eigenvalue weighted by Crippen LogP contribution is 2.42. The van der Waals surface area contributed by atoms with Gasteiger partial charge in [-0.2, -0.15) is 0 Å². The largest absolute Gasteiger partial charge is 0.497 e. The Hall–Kier alpha value is -3.67. The number of rotatable bonds is 7. The van der Waals surface area contributed by atoms with E-state index in [1.807, 2.05) is 77.7 Å². The third-order valence-corrected chi connectivity index (χ3v) is 5.69. The van der Waals surface area contributed by atoms with Gasteiger partial charge in [0.15, 0.2) is 11.5 Å². The molecule has 2 heterocycles. The van der Waals surface area contributed by atoms with E-state index in [-0.39, 0.29) is 18.7 Å². The van der Waals surface area contributed by atoms with Gasteiger partial charge in [-0.05, 0) is 53.9 Å². The molecule has 6 nitrogen and oxygen atoms in total. The van der Waals surface area contributed by atoms with Crippen LogP contribution in [0.4, 0.5) is 0 Å². The fourth-order valence-electron chi connectivity index (χ4n) is 4.02. The molecule has 0 saturated carbocycles. The van der Waals surface area contributed by atoms with Crippen molar-refractivity contribution in [3.05, 3.63) is 83.9 Å². The summed E-state index contributed by atoms with van der Waals surface area (Å²) in [5.41, 5.74) is 2.12. The Labute approximate surface area is 180 Å². The SMILES string of the molecule is COc1ccc(CCN2C(=O)[C@@H](Oc3ccccc3)[C@H]2c2ccc3c(c2)OCO3)cc1. The molecule has 0 unspecified atom stereocenters. The van der Waals surface area contributed by atoms with Crippen molar-refractivity contribution in [1.29, 1.82) is 0 Å². The van der Waals surface area contributed by atoms with Gasteiger partial charge >= 0.3 is 0 Å². The number of β-lactam (4-membered cyclic amide) rings is 1. The maximum atomic E-state index is 13.0. The molecule has 1 fully saturated rings. The minimum Gasteiger partial charge on any atom is -0.497 e. The van der Waals surface area contributed by atoms with Gasteiger partial charge in [0, 0.05) is 6.54 Å². The van der Waals surface area contributed by atoms with E-state index < -0.39 is 6.10 Å². The molecule has 3 aromatic carbocycles. The van der Waals surface area contributed by atoms with Crippen LogP contribution in [0.25, 0.3) is 0 Å². The molecule has 0 spiro atoms. The summed E-state index contributed by atoms with van der Waals surface area (Å²) in [6, 6.07) is 23.0. The molecule has 2 atom stereocenters. The first kappa shape index (κ1) is 19.3. The van der Waals surface area contributed by atoms with Gasteiger partial charge in [0.25, 0.3) is 5.91 Å². The van der Waals surface area contributed by atoms with Crippen LogP contribution in [0.1, 0.15) is 17.2 Å². The smallest absolute Gasteiger partial charge is 0.266 e. The molecule has 0 aliphatic carbocycles. The Bertz CT molecular complexity index is 1070. The van der Waals surface area contributed by atoms with E-state index in [9.17, 15) is 4.79 Å². The summed E-state index contributed by atoms with van der Waals surface area (Å²) < 4.78 is 22.3. The highest BCUT2D eigenvalue weighted by atomic mass is 16.7. The predicted octanol–water partition coefficient (Wildman–Crippen LogP) is 4.00. The third kappa shape index (κ3) is 3.77. The Kier molecular flexibility index (Phi) is 5.12. The van der Waals surface area contributed by atoms with Crippen LogP contribution in [0.3, 0.4) is 0 Å². The van der Waals surface area contributed by atoms with Crippen LogP contribution >= 0.6 is 0 Å². The van der Waals surface area contributed by atoms with Crippen LogP contribution in [0.15, 0.2) is 72.8 Å². The number of carbonyl (C=O) groups is 1. The van der Waals surface area contributed by atoms with Gasteiger partial charge in [-0.1, -0.05) is 36.4 Å². The summed E-state index contributed by atoms with van der Waals surface area (Å²) in [4.78, 5) is 14.9. The standard InChI is InChI=1S/C25H23NO5/c1-28-19-10-7-17(8-11-19)13-14-26-23(18-9-12-21-22(15-18)30-16-29-21)24(25(26)27)31-20-5-3-2-4-6-20/h2-12,15,23-24H,13-14,16H2,1H3/t23-,24+/m1/s1. The van der Waals surface area contributed by atoms with Crippen LogP contribution in [-0.4, -0.2) is 37.4 Å². The zero-order valence-corrected chi connectivity index (χ0v) is 17.2. The molecule has 158 valence electrons. The first-order chi connectivity index (χ1) is 15.2. The van der Waals surface area contributed by atoms with Gasteiger partial charge < -0.3 is 23.8 Å². The highest BCUT2D eigenvalue weighted by Gasteiger charge is 2.50. The van der Waals surface area contributed by atoms with Crippen molar-refractivity contribution >= 4 is 5.91 Å². The van der Waals surface area contributed by atoms with Crippen molar-refractivity contribution in [3.8, 4) is 23.0 Å². The van der Waals surface area contributed by atoms with Gasteiger partial charge in [0.1, 0.15) is 17.5 Å². The molecule has 1 saturated heterocycles.